The molecule has 2 saturated heterocycles. The molecule has 2 heterocycles. The molecule has 2 atom stereocenters. The fourth-order valence-electron chi connectivity index (χ4n) is 3.91. The lowest BCUT2D eigenvalue weighted by Crippen LogP contribution is -2.57. The second kappa shape index (κ2) is 8.25. The number of carbonyl (C=O) groups is 1. The largest absolute Gasteiger partial charge is 0.325 e. The Morgan fingerprint density at radius 1 is 1.24 bits per heavy atom. The Morgan fingerprint density at radius 2 is 2.00 bits per heavy atom. The molecule has 0 aliphatic carbocycles. The SMILES string of the molecule is C[C@@H](C(=O)Nc1cccc(F)c1)N1CCN([C@@H]2CCCN(C)C2)CC1. The lowest BCUT2D eigenvalue weighted by molar-refractivity contribution is -0.121. The standard InChI is InChI=1S/C19H29FN4O/c1-15(19(25)21-17-6-3-5-16(20)13-17)23-9-11-24(12-10-23)18-7-4-8-22(2)14-18/h3,5-6,13,15,18H,4,7-12,14H2,1-2H3,(H,21,25)/t15-,18+/m0/s1. The van der Waals surface area contributed by atoms with E-state index in [1.165, 1.54) is 31.5 Å². The number of nitrogens with zero attached hydrogens (tertiary/aromatic N) is 3. The Hall–Kier alpha value is -1.50. The van der Waals surface area contributed by atoms with Crippen molar-refractivity contribution in [2.75, 3.05) is 51.6 Å². The lowest BCUT2D eigenvalue weighted by Gasteiger charge is -2.43. The maximum atomic E-state index is 13.3. The van der Waals surface area contributed by atoms with Gasteiger partial charge < -0.3 is 10.2 Å². The van der Waals surface area contributed by atoms with Crippen LogP contribution in [0.3, 0.4) is 0 Å². The third-order valence-corrected chi connectivity index (χ3v) is 5.48. The summed E-state index contributed by atoms with van der Waals surface area (Å²) in [6.07, 6.45) is 2.55. The zero-order valence-electron chi connectivity index (χ0n) is 15.2. The van der Waals surface area contributed by atoms with Crippen molar-refractivity contribution >= 4 is 11.6 Å². The summed E-state index contributed by atoms with van der Waals surface area (Å²) in [5.41, 5.74) is 0.515. The smallest absolute Gasteiger partial charge is 0.241 e. The summed E-state index contributed by atoms with van der Waals surface area (Å²) in [5.74, 6) is -0.409. The Morgan fingerprint density at radius 3 is 2.68 bits per heavy atom. The highest BCUT2D eigenvalue weighted by atomic mass is 19.1. The van der Waals surface area contributed by atoms with Crippen LogP contribution in [0.5, 0.6) is 0 Å². The minimum atomic E-state index is -0.337. The van der Waals surface area contributed by atoms with E-state index in [0.29, 0.717) is 11.7 Å². The highest BCUT2D eigenvalue weighted by molar-refractivity contribution is 5.94. The van der Waals surface area contributed by atoms with Crippen molar-refractivity contribution in [2.45, 2.75) is 31.8 Å². The van der Waals surface area contributed by atoms with E-state index in [1.807, 2.05) is 6.92 Å². The normalized spacial score (nSPS) is 24.8. The molecule has 3 rings (SSSR count). The summed E-state index contributed by atoms with van der Waals surface area (Å²) in [7, 11) is 2.20. The molecule has 1 aromatic carbocycles. The molecule has 0 saturated carbocycles. The molecule has 0 aromatic heterocycles. The highest BCUT2D eigenvalue weighted by Crippen LogP contribution is 2.18. The van der Waals surface area contributed by atoms with Gasteiger partial charge in [0.15, 0.2) is 0 Å². The van der Waals surface area contributed by atoms with Crippen LogP contribution in [0.15, 0.2) is 24.3 Å². The maximum Gasteiger partial charge on any atom is 0.241 e. The first-order valence-electron chi connectivity index (χ1n) is 9.26. The number of benzene rings is 1. The Kier molecular flexibility index (Phi) is 6.04. The first kappa shape index (κ1) is 18.3. The second-order valence-electron chi connectivity index (χ2n) is 7.31. The number of carbonyl (C=O) groups excluding carboxylic acids is 1. The molecule has 1 aromatic rings. The lowest BCUT2D eigenvalue weighted by atomic mass is 10.0. The molecule has 0 unspecified atom stereocenters. The van der Waals surface area contributed by atoms with E-state index in [0.717, 1.165) is 32.7 Å². The molecule has 0 spiro atoms. The molecule has 1 N–H and O–H groups in total. The van der Waals surface area contributed by atoms with Crippen LogP contribution >= 0.6 is 0 Å². The quantitative estimate of drug-likeness (QED) is 0.902. The molecule has 2 aliphatic rings. The molecular formula is C19H29FN4O. The van der Waals surface area contributed by atoms with Crippen LogP contribution in [0.4, 0.5) is 10.1 Å². The fourth-order valence-corrected chi connectivity index (χ4v) is 3.91. The van der Waals surface area contributed by atoms with Gasteiger partial charge in [-0.3, -0.25) is 14.6 Å². The topological polar surface area (TPSA) is 38.8 Å². The predicted molar refractivity (Wildman–Crippen MR) is 98.2 cm³/mol. The van der Waals surface area contributed by atoms with Crippen molar-refractivity contribution in [3.05, 3.63) is 30.1 Å². The van der Waals surface area contributed by atoms with E-state index in [2.05, 4.69) is 27.1 Å². The van der Waals surface area contributed by atoms with Gasteiger partial charge in [-0.25, -0.2) is 4.39 Å². The fraction of sp³-hybridized carbons (Fsp3) is 0.632. The van der Waals surface area contributed by atoms with Crippen LogP contribution < -0.4 is 5.32 Å². The van der Waals surface area contributed by atoms with Crippen LogP contribution in [-0.2, 0) is 4.79 Å². The number of hydrogen-bond acceptors (Lipinski definition) is 4. The van der Waals surface area contributed by atoms with Gasteiger partial charge in [-0.05, 0) is 51.6 Å². The van der Waals surface area contributed by atoms with Gasteiger partial charge in [-0.1, -0.05) is 6.07 Å². The molecule has 25 heavy (non-hydrogen) atoms. The van der Waals surface area contributed by atoms with E-state index >= 15 is 0 Å². The number of amides is 1. The first-order chi connectivity index (χ1) is 12.0. The molecule has 138 valence electrons. The average Bonchev–Trinajstić information content (AvgIpc) is 2.61. The van der Waals surface area contributed by atoms with Gasteiger partial charge in [-0.2, -0.15) is 0 Å². The molecule has 1 amide bonds. The van der Waals surface area contributed by atoms with E-state index in [9.17, 15) is 9.18 Å². The number of piperazine rings is 1. The molecule has 2 aliphatic heterocycles. The molecule has 6 heteroatoms. The monoisotopic (exact) mass is 348 g/mol. The van der Waals surface area contributed by atoms with Crippen molar-refractivity contribution < 1.29 is 9.18 Å². The number of rotatable bonds is 4. The van der Waals surface area contributed by atoms with E-state index in [-0.39, 0.29) is 17.8 Å². The van der Waals surface area contributed by atoms with Crippen LogP contribution in [-0.4, -0.2) is 79.0 Å². The van der Waals surface area contributed by atoms with Gasteiger partial charge in [-0.15, -0.1) is 0 Å². The Labute approximate surface area is 149 Å². The van der Waals surface area contributed by atoms with Gasteiger partial charge in [0.1, 0.15) is 5.82 Å². The average molecular weight is 348 g/mol. The summed E-state index contributed by atoms with van der Waals surface area (Å²) in [4.78, 5) is 19.7. The molecular weight excluding hydrogens is 319 g/mol. The van der Waals surface area contributed by atoms with E-state index in [4.69, 9.17) is 0 Å². The third kappa shape index (κ3) is 4.77. The van der Waals surface area contributed by atoms with Crippen molar-refractivity contribution in [3.8, 4) is 0 Å². The molecule has 5 nitrogen and oxygen atoms in total. The van der Waals surface area contributed by atoms with Gasteiger partial charge >= 0.3 is 0 Å². The Bertz CT molecular complexity index is 589. The van der Waals surface area contributed by atoms with Crippen LogP contribution in [0.25, 0.3) is 0 Å². The summed E-state index contributed by atoms with van der Waals surface area (Å²) < 4.78 is 13.3. The van der Waals surface area contributed by atoms with Gasteiger partial charge in [0.2, 0.25) is 5.91 Å². The summed E-state index contributed by atoms with van der Waals surface area (Å²) in [5, 5.41) is 2.82. The second-order valence-corrected chi connectivity index (χ2v) is 7.31. The number of piperidine rings is 1. The number of likely N-dealkylation sites (N-methyl/N-ethyl adjacent to an activating group) is 1. The highest BCUT2D eigenvalue weighted by Gasteiger charge is 2.30. The number of nitrogens with one attached hydrogen (secondary N) is 1. The minimum Gasteiger partial charge on any atom is -0.325 e. The molecule has 0 radical (unpaired) electrons. The van der Waals surface area contributed by atoms with E-state index < -0.39 is 0 Å². The van der Waals surface area contributed by atoms with Crippen molar-refractivity contribution in [3.63, 3.8) is 0 Å². The van der Waals surface area contributed by atoms with Crippen molar-refractivity contribution in [1.82, 2.24) is 14.7 Å². The van der Waals surface area contributed by atoms with Crippen molar-refractivity contribution in [2.24, 2.45) is 0 Å². The van der Waals surface area contributed by atoms with Crippen LogP contribution in [0, 0.1) is 5.82 Å². The number of hydrogen-bond donors (Lipinski definition) is 1. The number of anilines is 1. The molecule has 2 fully saturated rings. The summed E-state index contributed by atoms with van der Waals surface area (Å²) in [6.45, 7) is 8.10. The zero-order chi connectivity index (χ0) is 17.8. The first-order valence-corrected chi connectivity index (χ1v) is 9.26. The minimum absolute atomic E-state index is 0.0727. The predicted octanol–water partition coefficient (Wildman–Crippen LogP) is 1.86. The van der Waals surface area contributed by atoms with Crippen LogP contribution in [0.2, 0.25) is 0 Å². The number of halogens is 1. The summed E-state index contributed by atoms with van der Waals surface area (Å²) in [6, 6.07) is 6.49. The Balaban J connectivity index is 1.49. The van der Waals surface area contributed by atoms with Gasteiger partial charge in [0, 0.05) is 44.5 Å². The van der Waals surface area contributed by atoms with Gasteiger partial charge in [0.05, 0.1) is 6.04 Å². The summed E-state index contributed by atoms with van der Waals surface area (Å²) >= 11 is 0. The number of likely N-dealkylation sites (tertiary alicyclic amines) is 1. The third-order valence-electron chi connectivity index (χ3n) is 5.48. The van der Waals surface area contributed by atoms with Gasteiger partial charge in [0.25, 0.3) is 0 Å². The molecule has 0 bridgehead atoms. The zero-order valence-corrected chi connectivity index (χ0v) is 15.2. The van der Waals surface area contributed by atoms with Crippen LogP contribution in [0.1, 0.15) is 19.8 Å². The van der Waals surface area contributed by atoms with E-state index in [1.54, 1.807) is 12.1 Å². The van der Waals surface area contributed by atoms with Crippen molar-refractivity contribution in [1.29, 1.82) is 0 Å². The maximum absolute atomic E-state index is 13.3.